The van der Waals surface area contributed by atoms with E-state index in [0.29, 0.717) is 24.4 Å². The number of rotatable bonds is 6. The van der Waals surface area contributed by atoms with E-state index in [1.165, 1.54) is 0 Å². The van der Waals surface area contributed by atoms with Crippen molar-refractivity contribution >= 4 is 5.97 Å². The molecule has 0 aromatic carbocycles. The molecule has 0 spiro atoms. The van der Waals surface area contributed by atoms with Crippen LogP contribution in [-0.2, 0) is 4.79 Å². The highest BCUT2D eigenvalue weighted by molar-refractivity contribution is 5.73. The van der Waals surface area contributed by atoms with Crippen molar-refractivity contribution in [2.45, 2.75) is 58.7 Å². The van der Waals surface area contributed by atoms with E-state index in [-0.39, 0.29) is 0 Å². The lowest BCUT2D eigenvalue weighted by Crippen LogP contribution is -2.45. The van der Waals surface area contributed by atoms with E-state index in [1.807, 2.05) is 0 Å². The van der Waals surface area contributed by atoms with Gasteiger partial charge in [-0.2, -0.15) is 0 Å². The lowest BCUT2D eigenvalue weighted by atomic mass is 10.0. The van der Waals surface area contributed by atoms with Crippen LogP contribution in [0.15, 0.2) is 0 Å². The molecular formula is C13H26N2O2. The smallest absolute Gasteiger partial charge is 0.320 e. The number of carboxylic acids is 1. The largest absolute Gasteiger partial charge is 0.480 e. The molecule has 1 aliphatic heterocycles. The zero-order valence-electron chi connectivity index (χ0n) is 11.4. The van der Waals surface area contributed by atoms with Gasteiger partial charge in [0.1, 0.15) is 6.04 Å². The molecule has 2 N–H and O–H groups in total. The average molecular weight is 242 g/mol. The Hall–Kier alpha value is -0.610. The zero-order chi connectivity index (χ0) is 13.0. The molecular weight excluding hydrogens is 216 g/mol. The van der Waals surface area contributed by atoms with Gasteiger partial charge in [0.15, 0.2) is 0 Å². The van der Waals surface area contributed by atoms with Gasteiger partial charge in [-0.1, -0.05) is 13.8 Å². The Kier molecular flexibility index (Phi) is 5.40. The Morgan fingerprint density at radius 1 is 1.41 bits per heavy atom. The quantitative estimate of drug-likeness (QED) is 0.742. The summed E-state index contributed by atoms with van der Waals surface area (Å²) in [5.74, 6) is -0.312. The Labute approximate surface area is 104 Å². The van der Waals surface area contributed by atoms with E-state index in [9.17, 15) is 9.90 Å². The third kappa shape index (κ3) is 4.64. The number of likely N-dealkylation sites (tertiary alicyclic amines) is 1. The van der Waals surface area contributed by atoms with E-state index in [4.69, 9.17) is 0 Å². The van der Waals surface area contributed by atoms with Crippen LogP contribution in [0.2, 0.25) is 0 Å². The molecule has 1 rings (SSSR count). The molecule has 2 unspecified atom stereocenters. The molecule has 1 aliphatic rings. The van der Waals surface area contributed by atoms with Crippen LogP contribution in [0, 0.1) is 5.92 Å². The first-order valence-electron chi connectivity index (χ1n) is 6.63. The molecule has 1 fully saturated rings. The molecule has 1 saturated heterocycles. The Morgan fingerprint density at radius 3 is 2.47 bits per heavy atom. The van der Waals surface area contributed by atoms with Crippen molar-refractivity contribution in [1.82, 2.24) is 10.2 Å². The maximum absolute atomic E-state index is 11.2. The Balaban J connectivity index is 2.43. The Bertz CT molecular complexity index is 254. The van der Waals surface area contributed by atoms with Gasteiger partial charge in [0, 0.05) is 18.6 Å². The highest BCUT2D eigenvalue weighted by Gasteiger charge is 2.28. The van der Waals surface area contributed by atoms with E-state index < -0.39 is 12.0 Å². The van der Waals surface area contributed by atoms with Gasteiger partial charge in [0.25, 0.3) is 0 Å². The van der Waals surface area contributed by atoms with Crippen molar-refractivity contribution in [2.24, 2.45) is 5.92 Å². The standard InChI is InChI=1S/C13H26N2O2/c1-9(2)7-12(13(16)17)14-11-5-6-15(8-11)10(3)4/h9-12,14H,5-8H2,1-4H3,(H,16,17). The minimum atomic E-state index is -0.721. The predicted molar refractivity (Wildman–Crippen MR) is 69.1 cm³/mol. The first kappa shape index (κ1) is 14.5. The number of nitrogens with one attached hydrogen (secondary N) is 1. The fourth-order valence-electron chi connectivity index (χ4n) is 2.39. The van der Waals surface area contributed by atoms with Gasteiger partial charge < -0.3 is 10.4 Å². The molecule has 0 aromatic rings. The first-order chi connectivity index (χ1) is 7.90. The van der Waals surface area contributed by atoms with Gasteiger partial charge in [0.2, 0.25) is 0 Å². The second-order valence-corrected chi connectivity index (χ2v) is 5.76. The number of hydrogen-bond acceptors (Lipinski definition) is 3. The number of carbonyl (C=O) groups is 1. The van der Waals surface area contributed by atoms with Gasteiger partial charge in [-0.15, -0.1) is 0 Å². The van der Waals surface area contributed by atoms with Crippen molar-refractivity contribution in [3.8, 4) is 0 Å². The maximum atomic E-state index is 11.2. The summed E-state index contributed by atoms with van der Waals surface area (Å²) < 4.78 is 0. The van der Waals surface area contributed by atoms with Crippen LogP contribution in [0.25, 0.3) is 0 Å². The molecule has 4 heteroatoms. The van der Waals surface area contributed by atoms with E-state index in [0.717, 1.165) is 19.5 Å². The van der Waals surface area contributed by atoms with E-state index in [1.54, 1.807) is 0 Å². The van der Waals surface area contributed by atoms with Crippen molar-refractivity contribution in [2.75, 3.05) is 13.1 Å². The summed E-state index contributed by atoms with van der Waals surface area (Å²) in [6.45, 7) is 10.5. The average Bonchev–Trinajstić information content (AvgIpc) is 2.64. The monoisotopic (exact) mass is 242 g/mol. The van der Waals surface area contributed by atoms with Crippen LogP contribution in [0.4, 0.5) is 0 Å². The molecule has 0 radical (unpaired) electrons. The minimum absolute atomic E-state index is 0.331. The minimum Gasteiger partial charge on any atom is -0.480 e. The van der Waals surface area contributed by atoms with Gasteiger partial charge >= 0.3 is 5.97 Å². The molecule has 1 heterocycles. The van der Waals surface area contributed by atoms with Crippen molar-refractivity contribution in [3.63, 3.8) is 0 Å². The molecule has 100 valence electrons. The summed E-state index contributed by atoms with van der Waals surface area (Å²) >= 11 is 0. The summed E-state index contributed by atoms with van der Waals surface area (Å²) in [4.78, 5) is 13.6. The van der Waals surface area contributed by atoms with Crippen LogP contribution >= 0.6 is 0 Å². The van der Waals surface area contributed by atoms with Crippen molar-refractivity contribution < 1.29 is 9.90 Å². The van der Waals surface area contributed by atoms with Crippen LogP contribution < -0.4 is 5.32 Å². The lowest BCUT2D eigenvalue weighted by Gasteiger charge is -2.23. The Morgan fingerprint density at radius 2 is 2.06 bits per heavy atom. The molecule has 0 aliphatic carbocycles. The fraction of sp³-hybridized carbons (Fsp3) is 0.923. The summed E-state index contributed by atoms with van der Waals surface area (Å²) in [5.41, 5.74) is 0. The number of hydrogen-bond donors (Lipinski definition) is 2. The first-order valence-corrected chi connectivity index (χ1v) is 6.63. The molecule has 0 saturated carbocycles. The van der Waals surface area contributed by atoms with Crippen LogP contribution in [0.3, 0.4) is 0 Å². The number of carboxylic acid groups (broad SMARTS) is 1. The van der Waals surface area contributed by atoms with Crippen molar-refractivity contribution in [3.05, 3.63) is 0 Å². The fourth-order valence-corrected chi connectivity index (χ4v) is 2.39. The summed E-state index contributed by atoms with van der Waals surface area (Å²) in [6.07, 6.45) is 1.76. The molecule has 2 atom stereocenters. The van der Waals surface area contributed by atoms with E-state index in [2.05, 4.69) is 37.9 Å². The highest BCUT2D eigenvalue weighted by atomic mass is 16.4. The predicted octanol–water partition coefficient (Wildman–Crippen LogP) is 1.56. The number of nitrogens with zero attached hydrogens (tertiary/aromatic N) is 1. The van der Waals surface area contributed by atoms with Gasteiger partial charge in [0.05, 0.1) is 0 Å². The second-order valence-electron chi connectivity index (χ2n) is 5.76. The van der Waals surface area contributed by atoms with E-state index >= 15 is 0 Å². The normalized spacial score (nSPS) is 23.5. The topological polar surface area (TPSA) is 52.6 Å². The third-order valence-corrected chi connectivity index (χ3v) is 3.39. The lowest BCUT2D eigenvalue weighted by molar-refractivity contribution is -0.140. The van der Waals surface area contributed by atoms with Crippen LogP contribution in [-0.4, -0.2) is 47.2 Å². The van der Waals surface area contributed by atoms with Gasteiger partial charge in [-0.05, 0) is 39.2 Å². The maximum Gasteiger partial charge on any atom is 0.320 e. The molecule has 0 amide bonds. The molecule has 17 heavy (non-hydrogen) atoms. The van der Waals surface area contributed by atoms with Gasteiger partial charge in [-0.25, -0.2) is 0 Å². The summed E-state index contributed by atoms with van der Waals surface area (Å²) in [5, 5.41) is 12.5. The second kappa shape index (κ2) is 6.36. The van der Waals surface area contributed by atoms with Gasteiger partial charge in [-0.3, -0.25) is 9.69 Å². The molecule has 0 bridgehead atoms. The molecule has 4 nitrogen and oxygen atoms in total. The molecule has 0 aromatic heterocycles. The zero-order valence-corrected chi connectivity index (χ0v) is 11.4. The van der Waals surface area contributed by atoms with Crippen LogP contribution in [0.5, 0.6) is 0 Å². The summed E-state index contributed by atoms with van der Waals surface area (Å²) in [6, 6.07) is 0.486. The van der Waals surface area contributed by atoms with Crippen molar-refractivity contribution in [1.29, 1.82) is 0 Å². The number of aliphatic carboxylic acids is 1. The van der Waals surface area contributed by atoms with Crippen LogP contribution in [0.1, 0.15) is 40.5 Å². The SMILES string of the molecule is CC(C)CC(NC1CCN(C(C)C)C1)C(=O)O. The summed E-state index contributed by atoms with van der Waals surface area (Å²) in [7, 11) is 0. The highest BCUT2D eigenvalue weighted by Crippen LogP contribution is 2.14. The third-order valence-electron chi connectivity index (χ3n) is 3.39.